The lowest BCUT2D eigenvalue weighted by atomic mass is 10.2. The van der Waals surface area contributed by atoms with E-state index in [0.29, 0.717) is 38.5 Å². The summed E-state index contributed by atoms with van der Waals surface area (Å²) in [6.45, 7) is 2.01. The van der Waals surface area contributed by atoms with Gasteiger partial charge in [0.15, 0.2) is 0 Å². The Labute approximate surface area is 218 Å². The number of nitrogens with zero attached hydrogens (tertiary/aromatic N) is 2. The van der Waals surface area contributed by atoms with Gasteiger partial charge in [0.1, 0.15) is 11.5 Å². The Morgan fingerprint density at radius 1 is 0.806 bits per heavy atom. The van der Waals surface area contributed by atoms with E-state index in [9.17, 15) is 14.4 Å². The minimum absolute atomic E-state index is 0.215. The van der Waals surface area contributed by atoms with Crippen molar-refractivity contribution in [1.29, 1.82) is 0 Å². The number of aromatic carboxylic acids is 1. The molecule has 0 unspecified atom stereocenters. The summed E-state index contributed by atoms with van der Waals surface area (Å²) < 4.78 is 15.2. The average Bonchev–Trinajstić information content (AvgIpc) is 2.87. The molecule has 36 heavy (non-hydrogen) atoms. The lowest BCUT2D eigenvalue weighted by molar-refractivity contribution is 0.0697. The molecule has 0 amide bonds. The quantitative estimate of drug-likeness (QED) is 0.264. The molecule has 0 saturated heterocycles. The van der Waals surface area contributed by atoms with Crippen LogP contribution >= 0.6 is 15.9 Å². The van der Waals surface area contributed by atoms with Crippen LogP contribution in [-0.2, 0) is 13.1 Å². The van der Waals surface area contributed by atoms with Gasteiger partial charge in [0.05, 0.1) is 23.2 Å². The van der Waals surface area contributed by atoms with E-state index in [1.54, 1.807) is 22.9 Å². The van der Waals surface area contributed by atoms with E-state index in [1.807, 2.05) is 24.3 Å². The van der Waals surface area contributed by atoms with Gasteiger partial charge in [-0.05, 0) is 90.9 Å². The Morgan fingerprint density at radius 2 is 1.47 bits per heavy atom. The maximum atomic E-state index is 12.7. The van der Waals surface area contributed by atoms with Crippen LogP contribution in [0.1, 0.15) is 48.9 Å². The molecule has 2 aromatic carbocycles. The Kier molecular flexibility index (Phi) is 10.8. The number of carbonyl (C=O) groups is 1. The highest BCUT2D eigenvalue weighted by molar-refractivity contribution is 9.10. The summed E-state index contributed by atoms with van der Waals surface area (Å²) in [5.74, 6) is 0.460. The normalized spacial score (nSPS) is 10.8. The molecule has 1 heterocycles. The highest BCUT2D eigenvalue weighted by Gasteiger charge is 2.06. The number of rotatable bonds is 15. The molecule has 0 aliphatic heterocycles. The Bertz CT molecular complexity index is 1240. The van der Waals surface area contributed by atoms with Crippen LogP contribution in [0.2, 0.25) is 0 Å². The molecule has 0 aliphatic rings. The van der Waals surface area contributed by atoms with E-state index in [2.05, 4.69) is 15.9 Å². The van der Waals surface area contributed by atoms with Gasteiger partial charge < -0.3 is 19.1 Å². The second-order valence-corrected chi connectivity index (χ2v) is 9.21. The summed E-state index contributed by atoms with van der Waals surface area (Å²) in [5.41, 5.74) is -0.346. The molecule has 192 valence electrons. The van der Waals surface area contributed by atoms with Gasteiger partial charge in [-0.2, -0.15) is 0 Å². The Balaban J connectivity index is 1.35. The molecular formula is C27H31BrN2O6. The van der Waals surface area contributed by atoms with Crippen molar-refractivity contribution in [3.8, 4) is 11.5 Å². The molecule has 0 fully saturated rings. The van der Waals surface area contributed by atoms with E-state index in [4.69, 9.17) is 14.6 Å². The van der Waals surface area contributed by atoms with Crippen LogP contribution in [-0.4, -0.2) is 33.4 Å². The molecule has 0 bridgehead atoms. The number of carboxylic acids is 1. The first-order valence-corrected chi connectivity index (χ1v) is 12.9. The van der Waals surface area contributed by atoms with Crippen LogP contribution < -0.4 is 20.7 Å². The lowest BCUT2D eigenvalue weighted by Crippen LogP contribution is -2.39. The highest BCUT2D eigenvalue weighted by atomic mass is 79.9. The number of carboxylic acid groups (broad SMARTS) is 1. The molecule has 0 saturated carbocycles. The summed E-state index contributed by atoms with van der Waals surface area (Å²) in [6, 6.07) is 15.4. The molecule has 3 aromatic rings. The van der Waals surface area contributed by atoms with Crippen molar-refractivity contribution < 1.29 is 19.4 Å². The first-order chi connectivity index (χ1) is 17.5. The molecule has 0 atom stereocenters. The fraction of sp³-hybridized carbons (Fsp3) is 0.370. The van der Waals surface area contributed by atoms with Crippen LogP contribution in [0.15, 0.2) is 74.9 Å². The van der Waals surface area contributed by atoms with Gasteiger partial charge >= 0.3 is 11.7 Å². The summed E-state index contributed by atoms with van der Waals surface area (Å²) in [5, 5.41) is 8.92. The number of benzene rings is 2. The van der Waals surface area contributed by atoms with E-state index in [-0.39, 0.29) is 16.8 Å². The highest BCUT2D eigenvalue weighted by Crippen LogP contribution is 2.23. The predicted molar refractivity (Wildman–Crippen MR) is 141 cm³/mol. The Morgan fingerprint density at radius 3 is 2.17 bits per heavy atom. The largest absolute Gasteiger partial charge is 0.494 e. The van der Waals surface area contributed by atoms with Gasteiger partial charge in [0, 0.05) is 25.4 Å². The van der Waals surface area contributed by atoms with E-state index in [1.165, 1.54) is 22.8 Å². The number of ether oxygens (including phenoxy) is 2. The Hall–Kier alpha value is -3.33. The number of unbranched alkanes of at least 4 members (excludes halogenated alkanes) is 4. The fourth-order valence-corrected chi connectivity index (χ4v) is 4.07. The summed E-state index contributed by atoms with van der Waals surface area (Å²) >= 11 is 3.46. The van der Waals surface area contributed by atoms with Crippen molar-refractivity contribution in [3.63, 3.8) is 0 Å². The van der Waals surface area contributed by atoms with Crippen LogP contribution in [0.5, 0.6) is 11.5 Å². The third kappa shape index (κ3) is 8.41. The first kappa shape index (κ1) is 27.3. The minimum atomic E-state index is -0.973. The zero-order valence-electron chi connectivity index (χ0n) is 20.1. The number of hydrogen-bond donors (Lipinski definition) is 1. The monoisotopic (exact) mass is 558 g/mol. The van der Waals surface area contributed by atoms with Crippen LogP contribution in [0.3, 0.4) is 0 Å². The maximum Gasteiger partial charge on any atom is 0.335 e. The molecule has 0 spiro atoms. The van der Waals surface area contributed by atoms with E-state index < -0.39 is 5.97 Å². The molecule has 1 N–H and O–H groups in total. The average molecular weight is 559 g/mol. The van der Waals surface area contributed by atoms with Gasteiger partial charge in [0.2, 0.25) is 0 Å². The second kappa shape index (κ2) is 14.3. The van der Waals surface area contributed by atoms with Gasteiger partial charge in [0.25, 0.3) is 5.56 Å². The molecule has 8 nitrogen and oxygen atoms in total. The van der Waals surface area contributed by atoms with Crippen molar-refractivity contribution in [2.45, 2.75) is 51.6 Å². The van der Waals surface area contributed by atoms with Crippen molar-refractivity contribution in [2.24, 2.45) is 0 Å². The standard InChI is InChI=1S/C27H31BrN2O6/c28-23-9-3-4-10-24(23)36-20-8-1-5-16-29-18-15-25(31)30(27(29)34)17-6-2-7-19-35-22-13-11-21(12-14-22)26(32)33/h3-4,9-15,18H,1-2,5-8,16-17,19-20H2,(H,32,33). The third-order valence-corrected chi connectivity index (χ3v) is 6.33. The molecule has 3 rings (SSSR count). The second-order valence-electron chi connectivity index (χ2n) is 8.36. The summed E-state index contributed by atoms with van der Waals surface area (Å²) in [6.07, 6.45) is 6.43. The van der Waals surface area contributed by atoms with Gasteiger partial charge in [-0.25, -0.2) is 9.59 Å². The van der Waals surface area contributed by atoms with Crippen LogP contribution in [0, 0.1) is 0 Å². The topological polar surface area (TPSA) is 99.8 Å². The number of para-hydroxylation sites is 1. The SMILES string of the molecule is O=C(O)c1ccc(OCCCCCn2c(=O)ccn(CCCCCOc3ccccc3Br)c2=O)cc1. The zero-order chi connectivity index (χ0) is 25.8. The lowest BCUT2D eigenvalue weighted by Gasteiger charge is -2.11. The molecule has 0 radical (unpaired) electrons. The number of aromatic nitrogens is 2. The smallest absolute Gasteiger partial charge is 0.335 e. The van der Waals surface area contributed by atoms with Crippen molar-refractivity contribution >= 4 is 21.9 Å². The maximum absolute atomic E-state index is 12.7. The minimum Gasteiger partial charge on any atom is -0.494 e. The number of hydrogen-bond acceptors (Lipinski definition) is 5. The van der Waals surface area contributed by atoms with E-state index in [0.717, 1.165) is 42.3 Å². The summed E-state index contributed by atoms with van der Waals surface area (Å²) in [4.78, 5) is 35.8. The van der Waals surface area contributed by atoms with Crippen molar-refractivity contribution in [3.05, 3.63) is 91.7 Å². The van der Waals surface area contributed by atoms with Crippen molar-refractivity contribution in [2.75, 3.05) is 13.2 Å². The van der Waals surface area contributed by atoms with Gasteiger partial charge in [-0.3, -0.25) is 9.36 Å². The molecule has 1 aromatic heterocycles. The number of halogens is 1. The zero-order valence-corrected chi connectivity index (χ0v) is 21.7. The first-order valence-electron chi connectivity index (χ1n) is 12.1. The molecule has 9 heteroatoms. The van der Waals surface area contributed by atoms with Crippen molar-refractivity contribution in [1.82, 2.24) is 9.13 Å². The van der Waals surface area contributed by atoms with Crippen LogP contribution in [0.4, 0.5) is 0 Å². The third-order valence-electron chi connectivity index (χ3n) is 5.67. The van der Waals surface area contributed by atoms with Gasteiger partial charge in [-0.1, -0.05) is 12.1 Å². The van der Waals surface area contributed by atoms with E-state index >= 15 is 0 Å². The molecular weight excluding hydrogens is 528 g/mol. The molecule has 0 aliphatic carbocycles. The summed E-state index contributed by atoms with van der Waals surface area (Å²) in [7, 11) is 0. The van der Waals surface area contributed by atoms with Crippen LogP contribution in [0.25, 0.3) is 0 Å². The van der Waals surface area contributed by atoms with Gasteiger partial charge in [-0.15, -0.1) is 0 Å². The fourth-order valence-electron chi connectivity index (χ4n) is 3.67. The number of aryl methyl sites for hydroxylation is 1. The predicted octanol–water partition coefficient (Wildman–Crippen LogP) is 4.97.